The molecule has 0 amide bonds. The lowest BCUT2D eigenvalue weighted by Gasteiger charge is -2.51. The number of rotatable bonds is 5. The fourth-order valence-electron chi connectivity index (χ4n) is 3.37. The first-order valence-corrected chi connectivity index (χ1v) is 10.0. The Bertz CT molecular complexity index is 795. The maximum atomic E-state index is 11.9. The van der Waals surface area contributed by atoms with Crippen LogP contribution in [0.4, 0.5) is 0 Å². The van der Waals surface area contributed by atoms with Crippen LogP contribution in [0.5, 0.6) is 0 Å². The molecule has 0 spiro atoms. The van der Waals surface area contributed by atoms with Crippen LogP contribution >= 0.6 is 0 Å². The third-order valence-electron chi connectivity index (χ3n) is 4.44. The van der Waals surface area contributed by atoms with Gasteiger partial charge < -0.3 is 23.7 Å². The van der Waals surface area contributed by atoms with Crippen LogP contribution in [0.1, 0.15) is 11.9 Å². The molecule has 9 nitrogen and oxygen atoms in total. The van der Waals surface area contributed by atoms with E-state index in [0.717, 1.165) is 6.26 Å². The third kappa shape index (κ3) is 3.86. The van der Waals surface area contributed by atoms with E-state index in [4.69, 9.17) is 27.9 Å². The summed E-state index contributed by atoms with van der Waals surface area (Å²) in [5, 5.41) is 9.96. The molecule has 148 valence electrons. The molecule has 2 fully saturated rings. The van der Waals surface area contributed by atoms with Crippen molar-refractivity contribution in [2.24, 2.45) is 0 Å². The van der Waals surface area contributed by atoms with Gasteiger partial charge in [-0.1, -0.05) is 30.3 Å². The molecule has 0 aliphatic carbocycles. The smallest absolute Gasteiger partial charge is 0.266 e. The van der Waals surface area contributed by atoms with Crippen LogP contribution in [0.15, 0.2) is 30.3 Å². The molecule has 2 saturated heterocycles. The van der Waals surface area contributed by atoms with Gasteiger partial charge >= 0.3 is 0 Å². The lowest BCUT2D eigenvalue weighted by molar-refractivity contribution is -0.370. The Kier molecular flexibility index (Phi) is 5.83. The van der Waals surface area contributed by atoms with Crippen LogP contribution in [0.25, 0.3) is 0 Å². The van der Waals surface area contributed by atoms with Gasteiger partial charge in [0.15, 0.2) is 18.7 Å². The normalized spacial score (nSPS) is 36.6. The van der Waals surface area contributed by atoms with Crippen LogP contribution in [0.3, 0.4) is 0 Å². The van der Waals surface area contributed by atoms with Gasteiger partial charge in [-0.05, 0) is 0 Å². The number of fused-ring (bicyclic) bond motifs is 1. The van der Waals surface area contributed by atoms with Crippen molar-refractivity contribution >= 4 is 10.1 Å². The van der Waals surface area contributed by atoms with E-state index in [1.54, 1.807) is 12.1 Å². The molecule has 2 aliphatic heterocycles. The molecular weight excluding hydrogens is 378 g/mol. The highest BCUT2D eigenvalue weighted by Crippen LogP contribution is 2.42. The molecule has 1 aromatic rings. The number of methoxy groups -OCH3 is 2. The Hall–Kier alpha value is -1.58. The monoisotopic (exact) mass is 399 g/mol. The van der Waals surface area contributed by atoms with Crippen LogP contribution < -0.4 is 0 Å². The summed E-state index contributed by atoms with van der Waals surface area (Å²) in [7, 11) is -1.37. The van der Waals surface area contributed by atoms with Gasteiger partial charge in [0.1, 0.15) is 18.3 Å². The van der Waals surface area contributed by atoms with Crippen molar-refractivity contribution in [2.45, 2.75) is 36.5 Å². The number of nitrogens with zero attached hydrogens (tertiary/aromatic N) is 1. The summed E-state index contributed by atoms with van der Waals surface area (Å²) in [4.78, 5) is 0. The van der Waals surface area contributed by atoms with Gasteiger partial charge in [-0.3, -0.25) is 0 Å². The lowest BCUT2D eigenvalue weighted by Crippen LogP contribution is -2.70. The second-order valence-electron chi connectivity index (χ2n) is 6.26. The van der Waals surface area contributed by atoms with E-state index in [-0.39, 0.29) is 6.61 Å². The summed E-state index contributed by atoms with van der Waals surface area (Å²) in [6, 6.07) is 11.0. The van der Waals surface area contributed by atoms with Crippen LogP contribution in [-0.4, -0.2) is 65.7 Å². The molecular formula is C17H21NO8S. The van der Waals surface area contributed by atoms with Gasteiger partial charge in [0, 0.05) is 19.8 Å². The van der Waals surface area contributed by atoms with E-state index in [1.165, 1.54) is 14.2 Å². The van der Waals surface area contributed by atoms with Crippen molar-refractivity contribution in [1.82, 2.24) is 0 Å². The van der Waals surface area contributed by atoms with E-state index >= 15 is 0 Å². The molecule has 3 rings (SSSR count). The molecule has 0 N–H and O–H groups in total. The summed E-state index contributed by atoms with van der Waals surface area (Å²) in [5.74, 6) is 0. The molecule has 1 unspecified atom stereocenters. The predicted octanol–water partition coefficient (Wildman–Crippen LogP) is 0.725. The summed E-state index contributed by atoms with van der Waals surface area (Å²) in [5.41, 5.74) is -1.30. The zero-order valence-electron chi connectivity index (χ0n) is 15.1. The van der Waals surface area contributed by atoms with Gasteiger partial charge in [0.25, 0.3) is 10.1 Å². The topological polar surface area (TPSA) is 113 Å². The lowest BCUT2D eigenvalue weighted by atomic mass is 9.84. The molecule has 6 atom stereocenters. The fourth-order valence-corrected chi connectivity index (χ4v) is 4.09. The van der Waals surface area contributed by atoms with E-state index < -0.39 is 46.6 Å². The Morgan fingerprint density at radius 3 is 2.44 bits per heavy atom. The first kappa shape index (κ1) is 20.2. The SMILES string of the molecule is CO[C@H]1O[C@@H]2CO[C@@H](c3ccccc3)O[C@H]2C(C#N)(OS(C)(=O)=O)[C@H]1OC. The molecule has 27 heavy (non-hydrogen) atoms. The van der Waals surface area contributed by atoms with E-state index in [9.17, 15) is 13.7 Å². The minimum atomic E-state index is -4.04. The number of hydrogen-bond donors (Lipinski definition) is 0. The van der Waals surface area contributed by atoms with Gasteiger partial charge in [0.05, 0.1) is 12.9 Å². The average molecular weight is 399 g/mol. The Morgan fingerprint density at radius 2 is 1.89 bits per heavy atom. The summed E-state index contributed by atoms with van der Waals surface area (Å²) in [6.07, 6.45) is -4.05. The van der Waals surface area contributed by atoms with E-state index in [0.29, 0.717) is 5.56 Å². The average Bonchev–Trinajstić information content (AvgIpc) is 2.66. The van der Waals surface area contributed by atoms with Crippen molar-refractivity contribution in [3.05, 3.63) is 35.9 Å². The first-order chi connectivity index (χ1) is 12.8. The van der Waals surface area contributed by atoms with Crippen molar-refractivity contribution < 1.29 is 36.3 Å². The van der Waals surface area contributed by atoms with Gasteiger partial charge in [-0.15, -0.1) is 0 Å². The van der Waals surface area contributed by atoms with Crippen LogP contribution in [0.2, 0.25) is 0 Å². The standard InChI is InChI=1S/C17H21NO8S/c1-21-14-16(22-2)24-12-9-23-15(11-7-5-4-6-8-11)25-13(12)17(14,10-18)26-27(3,19)20/h4-8,12-16H,9H2,1-3H3/t12-,13-,14+,15-,16+,17?/m1/s1. The second-order valence-corrected chi connectivity index (χ2v) is 7.83. The third-order valence-corrected chi connectivity index (χ3v) is 5.02. The summed E-state index contributed by atoms with van der Waals surface area (Å²) < 4.78 is 57.2. The zero-order valence-corrected chi connectivity index (χ0v) is 15.9. The van der Waals surface area contributed by atoms with Gasteiger partial charge in [0.2, 0.25) is 5.60 Å². The molecule has 2 aliphatic rings. The molecule has 2 heterocycles. The van der Waals surface area contributed by atoms with Crippen LogP contribution in [-0.2, 0) is 38.0 Å². The highest BCUT2D eigenvalue weighted by atomic mass is 32.2. The number of nitriles is 1. The Balaban J connectivity index is 2.02. The number of benzene rings is 1. The van der Waals surface area contributed by atoms with E-state index in [2.05, 4.69) is 0 Å². The Morgan fingerprint density at radius 1 is 1.19 bits per heavy atom. The second kappa shape index (κ2) is 7.81. The molecule has 0 saturated carbocycles. The molecule has 0 radical (unpaired) electrons. The van der Waals surface area contributed by atoms with Crippen molar-refractivity contribution in [2.75, 3.05) is 27.1 Å². The van der Waals surface area contributed by atoms with Crippen molar-refractivity contribution in [3.8, 4) is 6.07 Å². The quantitative estimate of drug-likeness (QED) is 0.661. The molecule has 0 bridgehead atoms. The minimum Gasteiger partial charge on any atom is -0.372 e. The van der Waals surface area contributed by atoms with Crippen molar-refractivity contribution in [3.63, 3.8) is 0 Å². The number of hydrogen-bond acceptors (Lipinski definition) is 9. The van der Waals surface area contributed by atoms with Crippen LogP contribution in [0, 0.1) is 11.3 Å². The summed E-state index contributed by atoms with van der Waals surface area (Å²) >= 11 is 0. The largest absolute Gasteiger partial charge is 0.372 e. The van der Waals surface area contributed by atoms with Gasteiger partial charge in [-0.2, -0.15) is 13.7 Å². The van der Waals surface area contributed by atoms with E-state index in [1.807, 2.05) is 24.3 Å². The molecule has 10 heteroatoms. The maximum Gasteiger partial charge on any atom is 0.266 e. The first-order valence-electron chi connectivity index (χ1n) is 8.19. The Labute approximate surface area is 157 Å². The highest BCUT2D eigenvalue weighted by Gasteiger charge is 2.63. The highest BCUT2D eigenvalue weighted by molar-refractivity contribution is 7.86. The molecule has 0 aromatic heterocycles. The summed E-state index contributed by atoms with van der Waals surface area (Å²) in [6.45, 7) is 0.0527. The zero-order chi connectivity index (χ0) is 19.7. The minimum absolute atomic E-state index is 0.0527. The van der Waals surface area contributed by atoms with Crippen molar-refractivity contribution in [1.29, 1.82) is 5.26 Å². The predicted molar refractivity (Wildman–Crippen MR) is 90.7 cm³/mol. The van der Waals surface area contributed by atoms with Gasteiger partial charge in [-0.25, -0.2) is 4.18 Å². The number of ether oxygens (including phenoxy) is 5. The molecule has 1 aromatic carbocycles. The fraction of sp³-hybridized carbons (Fsp3) is 0.588. The maximum absolute atomic E-state index is 11.9.